The number of aliphatic hydroxyl groups excluding tert-OH is 2. The second-order valence-corrected chi connectivity index (χ2v) is 19.3. The van der Waals surface area contributed by atoms with Crippen LogP contribution in [0.5, 0.6) is 0 Å². The van der Waals surface area contributed by atoms with Crippen LogP contribution in [-0.4, -0.2) is 143 Å². The number of rotatable bonds is 15. The van der Waals surface area contributed by atoms with Gasteiger partial charge in [0.25, 0.3) is 0 Å². The Bertz CT molecular complexity index is 1630. The summed E-state index contributed by atoms with van der Waals surface area (Å²) in [5.41, 5.74) is -8.03. The van der Waals surface area contributed by atoms with Gasteiger partial charge < -0.3 is 60.3 Å². The predicted octanol–water partition coefficient (Wildman–Crippen LogP) is -0.382. The number of fused-ring (bicyclic) bond motifs is 2. The van der Waals surface area contributed by atoms with Crippen LogP contribution in [0.3, 0.4) is 0 Å². The van der Waals surface area contributed by atoms with E-state index in [1.807, 2.05) is 32.5 Å². The summed E-state index contributed by atoms with van der Waals surface area (Å²) in [6.45, 7) is 8.79. The lowest BCUT2D eigenvalue weighted by atomic mass is 9.51. The number of aliphatic hydroxyl groups is 3. The van der Waals surface area contributed by atoms with E-state index < -0.39 is 88.0 Å². The van der Waals surface area contributed by atoms with Gasteiger partial charge in [0.05, 0.1) is 48.3 Å². The van der Waals surface area contributed by atoms with Gasteiger partial charge in [-0.05, 0) is 43.4 Å². The van der Waals surface area contributed by atoms with Gasteiger partial charge in [-0.3, -0.25) is 9.59 Å². The molecular weight excluding hydrogens is 753 g/mol. The Balaban J connectivity index is 0.764. The number of nitrogens with one attached hydrogen (secondary N) is 4. The number of thioether (sulfide) groups is 1. The first-order valence-electron chi connectivity index (χ1n) is 20.2. The van der Waals surface area contributed by atoms with E-state index >= 15 is 0 Å². The van der Waals surface area contributed by atoms with Crippen LogP contribution in [-0.2, 0) is 42.9 Å². The van der Waals surface area contributed by atoms with Crippen molar-refractivity contribution in [3.05, 3.63) is 0 Å². The number of hydrogen-bond donors (Lipinski definition) is 7. The lowest BCUT2D eigenvalue weighted by molar-refractivity contribution is -0.239. The summed E-state index contributed by atoms with van der Waals surface area (Å²) >= 11 is 1.87. The summed E-state index contributed by atoms with van der Waals surface area (Å²) in [6.07, 6.45) is -3.30. The van der Waals surface area contributed by atoms with Crippen molar-refractivity contribution in [2.45, 2.75) is 144 Å². The molecule has 7 N–H and O–H groups in total. The van der Waals surface area contributed by atoms with Gasteiger partial charge in [-0.25, -0.2) is 14.4 Å². The maximum atomic E-state index is 14.0. The van der Waals surface area contributed by atoms with Crippen LogP contribution in [0.4, 0.5) is 4.79 Å². The largest absolute Gasteiger partial charge is 0.459 e. The maximum absolute atomic E-state index is 14.0. The minimum absolute atomic E-state index is 0.0358. The molecule has 6 heterocycles. The van der Waals surface area contributed by atoms with E-state index in [9.17, 15) is 39.3 Å². The Morgan fingerprint density at radius 2 is 1.68 bits per heavy atom. The van der Waals surface area contributed by atoms with Crippen LogP contribution in [0.1, 0.15) is 79.1 Å². The first-order valence-corrected chi connectivity index (χ1v) is 21.2. The van der Waals surface area contributed by atoms with Gasteiger partial charge in [0.2, 0.25) is 23.7 Å². The fourth-order valence-corrected chi connectivity index (χ4v) is 13.8. The standard InChI is InChI=1S/C38H56N4O13S/c1-18-20(8-7-11-25(44)40-13-15-51-14-12-39-24(43)10-6-5-9-21-26-19(17-56-21)41-33(49)42-26)52-29-27(45)36-23-16-22(34(2,3)4)35(36)28(46)30(47)54-32(35)55-38(36,31(48)53-23)37(18,29)50/h18-23,26-29,32,45-46,50H,5-17H2,1-4H3,(H,39,43)(H,40,44)(H2,41,42,49)/t18-,19+,20+,21+,22+,23+,26+,27-,28+,29-,32-,35-,36-,37+,38+/m1/s1. The van der Waals surface area contributed by atoms with Crippen molar-refractivity contribution in [2.75, 3.05) is 32.1 Å². The normalized spacial score (nSPS) is 45.1. The molecule has 17 nitrogen and oxygen atoms in total. The monoisotopic (exact) mass is 808 g/mol. The molecule has 15 atom stereocenters. The number of esters is 2. The highest BCUT2D eigenvalue weighted by molar-refractivity contribution is 8.00. The Morgan fingerprint density at radius 1 is 0.982 bits per heavy atom. The number of amides is 4. The van der Waals surface area contributed by atoms with E-state index in [0.717, 1.165) is 25.0 Å². The number of unbranched alkanes of at least 4 members (excludes halogenated alkanes) is 1. The average Bonchev–Trinajstić information content (AvgIpc) is 3.98. The number of urea groups is 1. The van der Waals surface area contributed by atoms with Gasteiger partial charge in [-0.1, -0.05) is 34.1 Å². The van der Waals surface area contributed by atoms with Crippen molar-refractivity contribution >= 4 is 41.5 Å². The molecule has 2 spiro atoms. The minimum atomic E-state index is -2.15. The van der Waals surface area contributed by atoms with Gasteiger partial charge >= 0.3 is 18.0 Å². The number of carbonyl (C=O) groups is 5. The van der Waals surface area contributed by atoms with Crippen LogP contribution in [0, 0.1) is 28.1 Å². The third-order valence-corrected chi connectivity index (χ3v) is 15.9. The molecular formula is C38H56N4O13S. The summed E-state index contributed by atoms with van der Waals surface area (Å²) < 4.78 is 29.9. The van der Waals surface area contributed by atoms with Crippen LogP contribution in [0.2, 0.25) is 0 Å². The van der Waals surface area contributed by atoms with E-state index in [2.05, 4.69) is 21.3 Å². The molecule has 8 aliphatic rings. The van der Waals surface area contributed by atoms with Gasteiger partial charge in [0.1, 0.15) is 17.8 Å². The SMILES string of the molecule is C[C@@H]1[C@H](CCCC(=O)NCCOCCNC(=O)CCCC[C@@H]2SC[C@@H]3NC(=O)N[C@@H]32)O[C@@H]2[C@@H](O)[C@]34[C@@H]5C[C@@H](C(C)(C)C)[C@@]36[C@H](OC(=O)[C@@H]6O)O[C@]4(C(=O)O5)[C@]12O. The molecule has 8 rings (SSSR count). The molecule has 4 amide bonds. The van der Waals surface area contributed by atoms with Gasteiger partial charge in [0, 0.05) is 42.9 Å². The highest BCUT2D eigenvalue weighted by atomic mass is 32.2. The fourth-order valence-electron chi connectivity index (χ4n) is 12.2. The molecule has 0 bridgehead atoms. The van der Waals surface area contributed by atoms with E-state index in [0.29, 0.717) is 37.7 Å². The smallest absolute Gasteiger partial charge is 0.342 e. The molecule has 0 aromatic carbocycles. The third-order valence-electron chi connectivity index (χ3n) is 14.4. The first-order chi connectivity index (χ1) is 26.6. The highest BCUT2D eigenvalue weighted by Crippen LogP contribution is 2.84. The van der Waals surface area contributed by atoms with Crippen molar-refractivity contribution in [3.63, 3.8) is 0 Å². The van der Waals surface area contributed by atoms with Gasteiger partial charge in [0.15, 0.2) is 6.10 Å². The van der Waals surface area contributed by atoms with E-state index in [1.54, 1.807) is 6.92 Å². The summed E-state index contributed by atoms with van der Waals surface area (Å²) in [4.78, 5) is 63.3. The van der Waals surface area contributed by atoms with Crippen LogP contribution in [0.25, 0.3) is 0 Å². The number of hydrogen-bond acceptors (Lipinski definition) is 14. The van der Waals surface area contributed by atoms with Crippen LogP contribution >= 0.6 is 11.8 Å². The molecule has 312 valence electrons. The molecule has 56 heavy (non-hydrogen) atoms. The molecule has 6 saturated heterocycles. The molecule has 0 radical (unpaired) electrons. The maximum Gasteiger partial charge on any atom is 0.342 e. The Hall–Kier alpha value is -2.74. The highest BCUT2D eigenvalue weighted by Gasteiger charge is 3.03. The molecule has 0 aromatic heterocycles. The average molecular weight is 809 g/mol. The Morgan fingerprint density at radius 3 is 2.38 bits per heavy atom. The number of ether oxygens (including phenoxy) is 5. The third kappa shape index (κ3) is 5.37. The van der Waals surface area contributed by atoms with Gasteiger partial charge in [-0.15, -0.1) is 0 Å². The predicted molar refractivity (Wildman–Crippen MR) is 195 cm³/mol. The van der Waals surface area contributed by atoms with E-state index in [1.165, 1.54) is 0 Å². The van der Waals surface area contributed by atoms with Crippen molar-refractivity contribution in [1.29, 1.82) is 0 Å². The summed E-state index contributed by atoms with van der Waals surface area (Å²) in [7, 11) is 0. The van der Waals surface area contributed by atoms with Crippen molar-refractivity contribution in [3.8, 4) is 0 Å². The topological polar surface area (TPSA) is 240 Å². The molecule has 0 aromatic rings. The second kappa shape index (κ2) is 14.2. The molecule has 6 aliphatic heterocycles. The molecule has 8 fully saturated rings. The van der Waals surface area contributed by atoms with Gasteiger partial charge in [-0.2, -0.15) is 11.8 Å². The van der Waals surface area contributed by atoms with Crippen LogP contribution < -0.4 is 21.3 Å². The van der Waals surface area contributed by atoms with Crippen molar-refractivity contribution < 1.29 is 63.0 Å². The fraction of sp³-hybridized carbons (Fsp3) is 0.868. The zero-order valence-corrected chi connectivity index (χ0v) is 33.2. The summed E-state index contributed by atoms with van der Waals surface area (Å²) in [5.74, 6) is -2.32. The van der Waals surface area contributed by atoms with Crippen molar-refractivity contribution in [1.82, 2.24) is 21.3 Å². The molecule has 2 aliphatic carbocycles. The Labute approximate surface area is 329 Å². The quantitative estimate of drug-likeness (QED) is 0.0635. The zero-order valence-electron chi connectivity index (χ0n) is 32.4. The first kappa shape index (κ1) is 40.1. The minimum Gasteiger partial charge on any atom is -0.459 e. The summed E-state index contributed by atoms with van der Waals surface area (Å²) in [6, 6.07) is 0.281. The zero-order chi connectivity index (χ0) is 40.0. The lowest BCUT2D eigenvalue weighted by Gasteiger charge is -2.48. The molecule has 2 saturated carbocycles. The number of carbonyl (C=O) groups excluding carboxylic acids is 5. The van der Waals surface area contributed by atoms with Crippen LogP contribution in [0.15, 0.2) is 0 Å². The van der Waals surface area contributed by atoms with Crippen molar-refractivity contribution in [2.24, 2.45) is 28.1 Å². The Kier molecular flexibility index (Phi) is 10.2. The second-order valence-electron chi connectivity index (χ2n) is 18.0. The molecule has 18 heteroatoms. The van der Waals surface area contributed by atoms with E-state index in [4.69, 9.17) is 23.7 Å². The lowest BCUT2D eigenvalue weighted by Crippen LogP contribution is -2.67. The summed E-state index contributed by atoms with van der Waals surface area (Å²) in [5, 5.41) is 48.6. The molecule has 0 unspecified atom stereocenters. The van der Waals surface area contributed by atoms with E-state index in [-0.39, 0.29) is 55.9 Å².